The predicted octanol–water partition coefficient (Wildman–Crippen LogP) is 2.68. The molecule has 3 nitrogen and oxygen atoms in total. The average Bonchev–Trinajstić information content (AvgIpc) is 2.89. The van der Waals surface area contributed by atoms with Gasteiger partial charge in [-0.15, -0.1) is 11.8 Å². The molecule has 2 fully saturated rings. The third kappa shape index (κ3) is 1.61. The number of nitrogens with zero attached hydrogens (tertiary/aromatic N) is 2. The van der Waals surface area contributed by atoms with Gasteiger partial charge in [-0.3, -0.25) is 0 Å². The molecule has 1 aromatic heterocycles. The molecule has 5 heteroatoms. The van der Waals surface area contributed by atoms with Crippen LogP contribution in [-0.4, -0.2) is 23.7 Å². The van der Waals surface area contributed by atoms with Crippen LogP contribution in [0.4, 0.5) is 10.8 Å². The molecular weight excluding hydrogens is 238 g/mol. The molecule has 2 unspecified atom stereocenters. The van der Waals surface area contributed by atoms with E-state index in [2.05, 4.69) is 15.5 Å². The molecule has 1 aliphatic carbocycles. The minimum Gasteiger partial charge on any atom is -0.382 e. The van der Waals surface area contributed by atoms with Crippen molar-refractivity contribution in [3.63, 3.8) is 0 Å². The molecule has 16 heavy (non-hydrogen) atoms. The third-order valence-corrected chi connectivity index (χ3v) is 5.74. The van der Waals surface area contributed by atoms with Crippen LogP contribution >= 0.6 is 23.3 Å². The number of aromatic nitrogens is 1. The van der Waals surface area contributed by atoms with E-state index < -0.39 is 0 Å². The lowest BCUT2D eigenvalue weighted by Crippen LogP contribution is -2.20. The highest BCUT2D eigenvalue weighted by Gasteiger charge is 2.37. The molecule has 1 saturated heterocycles. The molecule has 1 aromatic rings. The first-order chi connectivity index (χ1) is 7.79. The number of hydrogen-bond acceptors (Lipinski definition) is 5. The zero-order valence-electron chi connectivity index (χ0n) is 9.48. The lowest BCUT2D eigenvalue weighted by molar-refractivity contribution is 0.494. The molecule has 0 amide bonds. The third-order valence-electron chi connectivity index (χ3n) is 3.87. The van der Waals surface area contributed by atoms with E-state index in [9.17, 15) is 0 Å². The highest BCUT2D eigenvalue weighted by molar-refractivity contribution is 7.99. The summed E-state index contributed by atoms with van der Waals surface area (Å²) in [5.74, 6) is 2.57. The average molecular weight is 255 g/mol. The van der Waals surface area contributed by atoms with Crippen LogP contribution in [0.5, 0.6) is 0 Å². The van der Waals surface area contributed by atoms with E-state index >= 15 is 0 Å². The summed E-state index contributed by atoms with van der Waals surface area (Å²) >= 11 is 3.29. The number of anilines is 2. The minimum absolute atomic E-state index is 0.713. The molecule has 2 aliphatic rings. The number of nitrogens with two attached hydrogens (primary N) is 1. The molecule has 88 valence electrons. The Morgan fingerprint density at radius 2 is 2.06 bits per heavy atom. The number of fused-ring (bicyclic) bond motifs is 1. The van der Waals surface area contributed by atoms with Gasteiger partial charge in [-0.05, 0) is 42.5 Å². The Morgan fingerprint density at radius 3 is 2.69 bits per heavy atom. The SMILES string of the molecule is CSc1c(N)nsc1N1CC2CCCC2C1. The van der Waals surface area contributed by atoms with Gasteiger partial charge in [0.05, 0.1) is 4.90 Å². The van der Waals surface area contributed by atoms with E-state index in [1.54, 1.807) is 23.3 Å². The van der Waals surface area contributed by atoms with Crippen LogP contribution in [0.3, 0.4) is 0 Å². The van der Waals surface area contributed by atoms with Gasteiger partial charge in [0.15, 0.2) is 5.82 Å². The lowest BCUT2D eigenvalue weighted by atomic mass is 10.0. The summed E-state index contributed by atoms with van der Waals surface area (Å²) in [6.07, 6.45) is 6.36. The van der Waals surface area contributed by atoms with Crippen molar-refractivity contribution >= 4 is 34.1 Å². The molecule has 0 aromatic carbocycles. The van der Waals surface area contributed by atoms with Gasteiger partial charge in [-0.25, -0.2) is 0 Å². The van der Waals surface area contributed by atoms with E-state index in [-0.39, 0.29) is 0 Å². The zero-order chi connectivity index (χ0) is 11.1. The number of thioether (sulfide) groups is 1. The van der Waals surface area contributed by atoms with E-state index in [0.717, 1.165) is 11.8 Å². The maximum absolute atomic E-state index is 5.89. The van der Waals surface area contributed by atoms with Gasteiger partial charge >= 0.3 is 0 Å². The van der Waals surface area contributed by atoms with E-state index in [0.29, 0.717) is 5.82 Å². The molecule has 2 heterocycles. The number of rotatable bonds is 2. The Kier molecular flexibility index (Phi) is 2.75. The van der Waals surface area contributed by atoms with Gasteiger partial charge in [0.1, 0.15) is 5.00 Å². The first kappa shape index (κ1) is 10.7. The van der Waals surface area contributed by atoms with Crippen LogP contribution in [-0.2, 0) is 0 Å². The molecular formula is C11H17N3S2. The Morgan fingerprint density at radius 1 is 1.38 bits per heavy atom. The molecule has 1 aliphatic heterocycles. The molecule has 3 rings (SSSR count). The summed E-state index contributed by atoms with van der Waals surface area (Å²) in [4.78, 5) is 3.69. The second-order valence-corrected chi connectivity index (χ2v) is 6.33. The highest BCUT2D eigenvalue weighted by Crippen LogP contribution is 2.44. The Hall–Kier alpha value is -0.420. The van der Waals surface area contributed by atoms with Gasteiger partial charge in [0.2, 0.25) is 0 Å². The maximum atomic E-state index is 5.89. The monoisotopic (exact) mass is 255 g/mol. The van der Waals surface area contributed by atoms with Crippen LogP contribution in [0.15, 0.2) is 4.90 Å². The Bertz CT molecular complexity index is 379. The smallest absolute Gasteiger partial charge is 0.153 e. The topological polar surface area (TPSA) is 42.1 Å². The first-order valence-corrected chi connectivity index (χ1v) is 7.83. The van der Waals surface area contributed by atoms with Crippen molar-refractivity contribution in [2.75, 3.05) is 30.0 Å². The van der Waals surface area contributed by atoms with Crippen molar-refractivity contribution < 1.29 is 0 Å². The van der Waals surface area contributed by atoms with Crippen LogP contribution in [0.25, 0.3) is 0 Å². The van der Waals surface area contributed by atoms with Crippen LogP contribution < -0.4 is 10.6 Å². The molecule has 0 spiro atoms. The fraction of sp³-hybridized carbons (Fsp3) is 0.727. The standard InChI is InChI=1S/C11H17N3S2/c1-15-9-10(12)13-16-11(9)14-5-7-3-2-4-8(7)6-14/h7-8H,2-6H2,1H3,(H2,12,13). The molecule has 0 radical (unpaired) electrons. The Labute approximate surface area is 105 Å². The molecule has 2 N–H and O–H groups in total. The van der Waals surface area contributed by atoms with E-state index in [1.807, 2.05) is 0 Å². The number of hydrogen-bond donors (Lipinski definition) is 1. The fourth-order valence-electron chi connectivity index (χ4n) is 3.08. The van der Waals surface area contributed by atoms with E-state index in [4.69, 9.17) is 5.73 Å². The van der Waals surface area contributed by atoms with Gasteiger partial charge in [0, 0.05) is 13.1 Å². The lowest BCUT2D eigenvalue weighted by Gasteiger charge is -2.18. The largest absolute Gasteiger partial charge is 0.382 e. The molecule has 0 bridgehead atoms. The van der Waals surface area contributed by atoms with Crippen molar-refractivity contribution in [3.8, 4) is 0 Å². The predicted molar refractivity (Wildman–Crippen MR) is 71.4 cm³/mol. The second-order valence-electron chi connectivity index (χ2n) is 4.76. The summed E-state index contributed by atoms with van der Waals surface area (Å²) in [5.41, 5.74) is 5.89. The van der Waals surface area contributed by atoms with Crippen molar-refractivity contribution in [1.29, 1.82) is 0 Å². The van der Waals surface area contributed by atoms with Gasteiger partial charge in [0.25, 0.3) is 0 Å². The molecule has 2 atom stereocenters. The fourth-order valence-corrected chi connectivity index (χ4v) is 4.79. The Balaban J connectivity index is 1.83. The van der Waals surface area contributed by atoms with Crippen molar-refractivity contribution in [1.82, 2.24) is 4.37 Å². The summed E-state index contributed by atoms with van der Waals surface area (Å²) in [6, 6.07) is 0. The quantitative estimate of drug-likeness (QED) is 0.825. The summed E-state index contributed by atoms with van der Waals surface area (Å²) in [7, 11) is 0. The second kappa shape index (κ2) is 4.11. The van der Waals surface area contributed by atoms with Gasteiger partial charge < -0.3 is 10.6 Å². The van der Waals surface area contributed by atoms with E-state index in [1.165, 1.54) is 42.2 Å². The number of nitrogen functional groups attached to an aromatic ring is 1. The van der Waals surface area contributed by atoms with Crippen LogP contribution in [0.2, 0.25) is 0 Å². The van der Waals surface area contributed by atoms with Crippen LogP contribution in [0, 0.1) is 11.8 Å². The first-order valence-electron chi connectivity index (χ1n) is 5.83. The summed E-state index contributed by atoms with van der Waals surface area (Å²) in [6.45, 7) is 2.44. The minimum atomic E-state index is 0.713. The van der Waals surface area contributed by atoms with Crippen molar-refractivity contribution in [2.45, 2.75) is 24.2 Å². The van der Waals surface area contributed by atoms with Gasteiger partial charge in [-0.2, -0.15) is 4.37 Å². The zero-order valence-corrected chi connectivity index (χ0v) is 11.1. The van der Waals surface area contributed by atoms with Crippen molar-refractivity contribution in [2.24, 2.45) is 11.8 Å². The van der Waals surface area contributed by atoms with Crippen molar-refractivity contribution in [3.05, 3.63) is 0 Å². The summed E-state index contributed by atoms with van der Waals surface area (Å²) < 4.78 is 4.28. The maximum Gasteiger partial charge on any atom is 0.153 e. The normalized spacial score (nSPS) is 28.7. The molecule has 1 saturated carbocycles. The van der Waals surface area contributed by atoms with Crippen LogP contribution in [0.1, 0.15) is 19.3 Å². The van der Waals surface area contributed by atoms with Gasteiger partial charge in [-0.1, -0.05) is 6.42 Å². The highest BCUT2D eigenvalue weighted by atomic mass is 32.2. The summed E-state index contributed by atoms with van der Waals surface area (Å²) in [5, 5.41) is 1.31.